The number of nitrogens with zero attached hydrogens (tertiary/aromatic N) is 1. The van der Waals surface area contributed by atoms with Gasteiger partial charge in [-0.15, -0.1) is 0 Å². The average Bonchev–Trinajstić information content (AvgIpc) is 3.20. The number of carboxylic acids is 1. The third-order valence-electron chi connectivity index (χ3n) is 4.53. The van der Waals surface area contributed by atoms with Gasteiger partial charge in [-0.05, 0) is 32.1 Å². The van der Waals surface area contributed by atoms with Gasteiger partial charge in [0.25, 0.3) is 0 Å². The lowest BCUT2D eigenvalue weighted by Crippen LogP contribution is -2.36. The summed E-state index contributed by atoms with van der Waals surface area (Å²) in [6.07, 6.45) is 4.51. The maximum absolute atomic E-state index is 12.6. The minimum atomic E-state index is -0.950. The first-order valence-electron chi connectivity index (χ1n) is 7.79. The van der Waals surface area contributed by atoms with Crippen molar-refractivity contribution in [2.75, 3.05) is 11.9 Å². The van der Waals surface area contributed by atoms with Crippen molar-refractivity contribution in [3.05, 3.63) is 22.7 Å². The van der Waals surface area contributed by atoms with Gasteiger partial charge >= 0.3 is 11.9 Å². The Kier molecular flexibility index (Phi) is 4.40. The van der Waals surface area contributed by atoms with E-state index in [4.69, 9.17) is 4.74 Å². The van der Waals surface area contributed by atoms with Crippen LogP contribution in [0, 0.1) is 30.6 Å². The number of carboxylic acid groups (broad SMARTS) is 1. The third kappa shape index (κ3) is 2.82. The second kappa shape index (κ2) is 6.35. The first kappa shape index (κ1) is 16.6. The average molecular weight is 350 g/mol. The Morgan fingerprint density at radius 3 is 2.62 bits per heavy atom. The van der Waals surface area contributed by atoms with Crippen molar-refractivity contribution in [2.24, 2.45) is 23.7 Å². The molecule has 1 heterocycles. The molecule has 1 saturated carbocycles. The highest BCUT2D eigenvalue weighted by Crippen LogP contribution is 2.48. The third-order valence-corrected chi connectivity index (χ3v) is 5.59. The molecule has 1 amide bonds. The summed E-state index contributed by atoms with van der Waals surface area (Å²) in [5.41, 5.74) is 0.483. The molecule has 7 nitrogen and oxygen atoms in total. The van der Waals surface area contributed by atoms with E-state index in [-0.39, 0.29) is 29.5 Å². The molecule has 128 valence electrons. The van der Waals surface area contributed by atoms with Crippen molar-refractivity contribution >= 4 is 34.3 Å². The predicted octanol–water partition coefficient (Wildman–Crippen LogP) is 2.09. The number of carbonyl (C=O) groups is 3. The fourth-order valence-electron chi connectivity index (χ4n) is 3.54. The molecule has 0 radical (unpaired) electrons. The van der Waals surface area contributed by atoms with Crippen LogP contribution in [0.15, 0.2) is 12.2 Å². The number of hydrogen-bond acceptors (Lipinski definition) is 6. The molecule has 2 aliphatic rings. The summed E-state index contributed by atoms with van der Waals surface area (Å²) in [5.74, 6) is -3.23. The van der Waals surface area contributed by atoms with Gasteiger partial charge in [0.05, 0.1) is 24.1 Å². The Hall–Kier alpha value is -2.22. The van der Waals surface area contributed by atoms with Crippen LogP contribution in [0.5, 0.6) is 0 Å². The molecule has 2 N–H and O–H groups in total. The van der Waals surface area contributed by atoms with Gasteiger partial charge in [-0.1, -0.05) is 23.5 Å². The fourth-order valence-corrected chi connectivity index (χ4v) is 4.40. The first-order valence-corrected chi connectivity index (χ1v) is 8.60. The number of anilines is 1. The van der Waals surface area contributed by atoms with Gasteiger partial charge in [0.15, 0.2) is 5.13 Å². The monoisotopic (exact) mass is 350 g/mol. The number of esters is 1. The largest absolute Gasteiger partial charge is 0.481 e. The molecule has 1 aromatic rings. The standard InChI is InChI=1S/C16H18N2O5S/c1-3-23-15(22)12-7(2)17-16(24-12)18-13(19)10-8-4-5-9(6-8)11(10)14(20)21/h4-5,8-11H,3,6H2,1-2H3,(H,20,21)(H,17,18,19)/t8-,9-,10+,11-/m0/s1. The normalized spacial score (nSPS) is 27.2. The van der Waals surface area contributed by atoms with Gasteiger partial charge < -0.3 is 15.2 Å². The molecular weight excluding hydrogens is 332 g/mol. The quantitative estimate of drug-likeness (QED) is 0.622. The van der Waals surface area contributed by atoms with Crippen LogP contribution in [0.4, 0.5) is 5.13 Å². The molecule has 3 rings (SSSR count). The van der Waals surface area contributed by atoms with Gasteiger partial charge in [0, 0.05) is 0 Å². The number of aliphatic carboxylic acids is 1. The fraction of sp³-hybridized carbons (Fsp3) is 0.500. The van der Waals surface area contributed by atoms with Crippen LogP contribution in [-0.4, -0.2) is 34.5 Å². The number of rotatable bonds is 5. The Labute approximate surface area is 142 Å². The van der Waals surface area contributed by atoms with Gasteiger partial charge in [0.2, 0.25) is 5.91 Å². The summed E-state index contributed by atoms with van der Waals surface area (Å²) >= 11 is 1.04. The van der Waals surface area contributed by atoms with E-state index in [0.29, 0.717) is 17.0 Å². The number of hydrogen-bond donors (Lipinski definition) is 2. The number of amides is 1. The van der Waals surface area contributed by atoms with Gasteiger partial charge in [-0.3, -0.25) is 9.59 Å². The van der Waals surface area contributed by atoms with Crippen molar-refractivity contribution in [3.63, 3.8) is 0 Å². The number of aryl methyl sites for hydroxylation is 1. The highest BCUT2D eigenvalue weighted by atomic mass is 32.1. The number of nitrogens with one attached hydrogen (secondary N) is 1. The minimum Gasteiger partial charge on any atom is -0.481 e. The molecular formula is C16H18N2O5S. The Morgan fingerprint density at radius 2 is 2.00 bits per heavy atom. The SMILES string of the molecule is CCOC(=O)c1sc(NC(=O)[C@H]2[C@@H](C(=O)O)[C@H]3C=C[C@H]2C3)nc1C. The molecule has 2 bridgehead atoms. The van der Waals surface area contributed by atoms with Crippen LogP contribution in [0.1, 0.15) is 28.7 Å². The van der Waals surface area contributed by atoms with E-state index in [1.54, 1.807) is 13.8 Å². The van der Waals surface area contributed by atoms with E-state index in [1.807, 2.05) is 12.2 Å². The zero-order chi connectivity index (χ0) is 17.4. The van der Waals surface area contributed by atoms with E-state index in [9.17, 15) is 19.5 Å². The van der Waals surface area contributed by atoms with E-state index in [2.05, 4.69) is 10.3 Å². The van der Waals surface area contributed by atoms with Crippen molar-refractivity contribution in [2.45, 2.75) is 20.3 Å². The lowest BCUT2D eigenvalue weighted by Gasteiger charge is -2.23. The van der Waals surface area contributed by atoms with Crippen LogP contribution >= 0.6 is 11.3 Å². The Morgan fingerprint density at radius 1 is 1.33 bits per heavy atom. The molecule has 24 heavy (non-hydrogen) atoms. The summed E-state index contributed by atoms with van der Waals surface area (Å²) in [6, 6.07) is 0. The molecule has 1 aromatic heterocycles. The smallest absolute Gasteiger partial charge is 0.350 e. The molecule has 8 heteroatoms. The molecule has 0 unspecified atom stereocenters. The number of thiazole rings is 1. The summed E-state index contributed by atoms with van der Waals surface area (Å²) < 4.78 is 4.95. The molecule has 0 saturated heterocycles. The van der Waals surface area contributed by atoms with E-state index in [1.165, 1.54) is 0 Å². The van der Waals surface area contributed by atoms with E-state index in [0.717, 1.165) is 11.3 Å². The Bertz CT molecular complexity index is 726. The molecule has 1 fully saturated rings. The van der Waals surface area contributed by atoms with Crippen LogP contribution in [0.3, 0.4) is 0 Å². The topological polar surface area (TPSA) is 106 Å². The second-order valence-electron chi connectivity index (χ2n) is 5.98. The van der Waals surface area contributed by atoms with Gasteiger partial charge in [0.1, 0.15) is 4.88 Å². The lowest BCUT2D eigenvalue weighted by molar-refractivity contribution is -0.146. The maximum Gasteiger partial charge on any atom is 0.350 e. The number of aromatic nitrogens is 1. The number of fused-ring (bicyclic) bond motifs is 2. The zero-order valence-electron chi connectivity index (χ0n) is 13.3. The minimum absolute atomic E-state index is 0.0540. The summed E-state index contributed by atoms with van der Waals surface area (Å²) in [6.45, 7) is 3.64. The highest BCUT2D eigenvalue weighted by molar-refractivity contribution is 7.17. The van der Waals surface area contributed by atoms with Crippen molar-refractivity contribution in [3.8, 4) is 0 Å². The molecule has 0 aliphatic heterocycles. The summed E-state index contributed by atoms with van der Waals surface area (Å²) in [5, 5.41) is 12.4. The van der Waals surface area contributed by atoms with Gasteiger partial charge in [-0.25, -0.2) is 9.78 Å². The van der Waals surface area contributed by atoms with E-state index < -0.39 is 23.8 Å². The molecule has 4 atom stereocenters. The zero-order valence-corrected chi connectivity index (χ0v) is 14.1. The number of ether oxygens (including phenoxy) is 1. The molecule has 0 aromatic carbocycles. The molecule has 0 spiro atoms. The maximum atomic E-state index is 12.6. The van der Waals surface area contributed by atoms with E-state index >= 15 is 0 Å². The first-order chi connectivity index (χ1) is 11.4. The second-order valence-corrected chi connectivity index (χ2v) is 6.98. The predicted molar refractivity (Wildman–Crippen MR) is 86.8 cm³/mol. The number of carbonyl (C=O) groups excluding carboxylic acids is 2. The van der Waals surface area contributed by atoms with Gasteiger partial charge in [-0.2, -0.15) is 0 Å². The van der Waals surface area contributed by atoms with Crippen LogP contribution in [0.25, 0.3) is 0 Å². The van der Waals surface area contributed by atoms with Crippen LogP contribution < -0.4 is 5.32 Å². The molecule has 2 aliphatic carbocycles. The highest BCUT2D eigenvalue weighted by Gasteiger charge is 2.51. The number of allylic oxidation sites excluding steroid dienone is 2. The summed E-state index contributed by atoms with van der Waals surface area (Å²) in [7, 11) is 0. The van der Waals surface area contributed by atoms with Crippen LogP contribution in [0.2, 0.25) is 0 Å². The van der Waals surface area contributed by atoms with Crippen LogP contribution in [-0.2, 0) is 14.3 Å². The lowest BCUT2D eigenvalue weighted by atomic mass is 9.82. The van der Waals surface area contributed by atoms with Crippen molar-refractivity contribution in [1.29, 1.82) is 0 Å². The summed E-state index contributed by atoms with van der Waals surface area (Å²) in [4.78, 5) is 40.4. The Balaban J connectivity index is 1.76. The van der Waals surface area contributed by atoms with Crippen molar-refractivity contribution < 1.29 is 24.2 Å². The van der Waals surface area contributed by atoms with Crippen molar-refractivity contribution in [1.82, 2.24) is 4.98 Å².